The Kier molecular flexibility index (Phi) is 5.22. The van der Waals surface area contributed by atoms with E-state index in [1.807, 2.05) is 31.2 Å². The molecule has 1 amide bonds. The predicted octanol–water partition coefficient (Wildman–Crippen LogP) is 1.53. The van der Waals surface area contributed by atoms with Gasteiger partial charge in [-0.05, 0) is 18.1 Å². The van der Waals surface area contributed by atoms with Gasteiger partial charge < -0.3 is 15.8 Å². The molecule has 0 fully saturated rings. The number of nitrogens with one attached hydrogen (secondary N) is 1. The lowest BCUT2D eigenvalue weighted by atomic mass is 10.1. The molecule has 0 aliphatic carbocycles. The Morgan fingerprint density at radius 1 is 1.24 bits per heavy atom. The summed E-state index contributed by atoms with van der Waals surface area (Å²) in [7, 11) is 0. The molecule has 0 spiro atoms. The van der Waals surface area contributed by atoms with Crippen LogP contribution < -0.4 is 11.1 Å². The molecule has 0 radical (unpaired) electrons. The van der Waals surface area contributed by atoms with E-state index in [-0.39, 0.29) is 17.4 Å². The monoisotopic (exact) mass is 286 g/mol. The number of nitrogens with two attached hydrogens (primary N) is 1. The largest absolute Gasteiger partial charge is 0.382 e. The van der Waals surface area contributed by atoms with Crippen molar-refractivity contribution in [3.05, 3.63) is 53.5 Å². The minimum Gasteiger partial charge on any atom is -0.382 e. The van der Waals surface area contributed by atoms with Crippen molar-refractivity contribution in [3.8, 4) is 0 Å². The van der Waals surface area contributed by atoms with Crippen LogP contribution in [0.1, 0.15) is 28.5 Å². The number of anilines is 1. The van der Waals surface area contributed by atoms with Crippen molar-refractivity contribution in [1.82, 2.24) is 15.3 Å². The van der Waals surface area contributed by atoms with Gasteiger partial charge in [0.25, 0.3) is 5.91 Å². The highest BCUT2D eigenvalue weighted by Crippen LogP contribution is 2.11. The molecule has 0 aliphatic rings. The molecule has 3 N–H and O–H groups in total. The van der Waals surface area contributed by atoms with E-state index < -0.39 is 0 Å². The molecule has 1 heterocycles. The Labute approximate surface area is 123 Å². The van der Waals surface area contributed by atoms with Crippen LogP contribution in [-0.2, 0) is 17.9 Å². The number of aromatic nitrogens is 2. The third-order valence-corrected chi connectivity index (χ3v) is 2.96. The molecular formula is C15H18N4O2. The summed E-state index contributed by atoms with van der Waals surface area (Å²) in [4.78, 5) is 19.8. The van der Waals surface area contributed by atoms with Crippen molar-refractivity contribution < 1.29 is 9.53 Å². The Morgan fingerprint density at radius 2 is 1.95 bits per heavy atom. The van der Waals surface area contributed by atoms with Crippen LogP contribution in [0.25, 0.3) is 0 Å². The fraction of sp³-hybridized carbons (Fsp3) is 0.267. The van der Waals surface area contributed by atoms with Crippen LogP contribution in [0.4, 0.5) is 5.82 Å². The first-order valence-corrected chi connectivity index (χ1v) is 6.71. The summed E-state index contributed by atoms with van der Waals surface area (Å²) < 4.78 is 5.42. The summed E-state index contributed by atoms with van der Waals surface area (Å²) in [6.45, 7) is 3.51. The summed E-state index contributed by atoms with van der Waals surface area (Å²) in [6.07, 6.45) is 2.89. The van der Waals surface area contributed by atoms with Crippen LogP contribution in [0, 0.1) is 0 Å². The maximum atomic E-state index is 12.0. The summed E-state index contributed by atoms with van der Waals surface area (Å²) in [5.74, 6) is -0.218. The van der Waals surface area contributed by atoms with Crippen LogP contribution in [0.3, 0.4) is 0 Å². The highest BCUT2D eigenvalue weighted by Gasteiger charge is 2.12. The Bertz CT molecular complexity index is 616. The summed E-state index contributed by atoms with van der Waals surface area (Å²) in [6, 6.07) is 7.80. The zero-order valence-electron chi connectivity index (χ0n) is 11.9. The van der Waals surface area contributed by atoms with Gasteiger partial charge in [0, 0.05) is 25.5 Å². The van der Waals surface area contributed by atoms with Crippen LogP contribution in [0.2, 0.25) is 0 Å². The van der Waals surface area contributed by atoms with Crippen molar-refractivity contribution in [1.29, 1.82) is 0 Å². The fourth-order valence-electron chi connectivity index (χ4n) is 1.87. The van der Waals surface area contributed by atoms with Crippen molar-refractivity contribution in [2.24, 2.45) is 0 Å². The molecule has 6 heteroatoms. The van der Waals surface area contributed by atoms with E-state index in [0.29, 0.717) is 19.8 Å². The number of benzene rings is 1. The second-order valence-corrected chi connectivity index (χ2v) is 4.38. The molecule has 0 atom stereocenters. The number of ether oxygens (including phenoxy) is 1. The average Bonchev–Trinajstić information content (AvgIpc) is 2.52. The molecule has 0 saturated carbocycles. The van der Waals surface area contributed by atoms with Gasteiger partial charge in [0.2, 0.25) is 0 Å². The maximum Gasteiger partial charge on any atom is 0.273 e. The van der Waals surface area contributed by atoms with Gasteiger partial charge in [-0.2, -0.15) is 0 Å². The Hall–Kier alpha value is -2.47. The van der Waals surface area contributed by atoms with Gasteiger partial charge in [0.15, 0.2) is 11.5 Å². The molecule has 2 aromatic rings. The second kappa shape index (κ2) is 7.35. The maximum absolute atomic E-state index is 12.0. The predicted molar refractivity (Wildman–Crippen MR) is 79.4 cm³/mol. The van der Waals surface area contributed by atoms with Crippen LogP contribution in [-0.4, -0.2) is 22.5 Å². The van der Waals surface area contributed by atoms with E-state index in [1.54, 1.807) is 0 Å². The molecule has 0 saturated heterocycles. The highest BCUT2D eigenvalue weighted by atomic mass is 16.5. The van der Waals surface area contributed by atoms with Crippen LogP contribution in [0.5, 0.6) is 0 Å². The number of carbonyl (C=O) groups is 1. The SMILES string of the molecule is CCOCc1ccccc1CNC(=O)c1nccnc1N. The zero-order valence-corrected chi connectivity index (χ0v) is 11.9. The van der Waals surface area contributed by atoms with Crippen molar-refractivity contribution >= 4 is 11.7 Å². The number of nitrogens with zero attached hydrogens (tertiary/aromatic N) is 2. The zero-order chi connectivity index (χ0) is 15.1. The first-order valence-electron chi connectivity index (χ1n) is 6.71. The molecule has 0 aliphatic heterocycles. The van der Waals surface area contributed by atoms with E-state index in [2.05, 4.69) is 15.3 Å². The first-order chi connectivity index (χ1) is 10.2. The van der Waals surface area contributed by atoms with Crippen molar-refractivity contribution in [2.75, 3.05) is 12.3 Å². The average molecular weight is 286 g/mol. The molecule has 6 nitrogen and oxygen atoms in total. The molecule has 0 unspecified atom stereocenters. The number of nitrogen functional groups attached to an aromatic ring is 1. The molecule has 1 aromatic heterocycles. The van der Waals surface area contributed by atoms with Gasteiger partial charge in [0.05, 0.1) is 6.61 Å². The molecular weight excluding hydrogens is 268 g/mol. The molecule has 2 rings (SSSR count). The standard InChI is InChI=1S/C15H18N4O2/c1-2-21-10-12-6-4-3-5-11(12)9-19-15(20)13-14(16)18-8-7-17-13/h3-8H,2,9-10H2,1H3,(H2,16,18)(H,19,20). The number of carbonyl (C=O) groups excluding carboxylic acids is 1. The van der Waals surface area contributed by atoms with Gasteiger partial charge in [-0.15, -0.1) is 0 Å². The van der Waals surface area contributed by atoms with Crippen LogP contribution in [0.15, 0.2) is 36.7 Å². The highest BCUT2D eigenvalue weighted by molar-refractivity contribution is 5.96. The number of amides is 1. The van der Waals surface area contributed by atoms with E-state index >= 15 is 0 Å². The van der Waals surface area contributed by atoms with Gasteiger partial charge in [0.1, 0.15) is 0 Å². The quantitative estimate of drug-likeness (QED) is 0.840. The topological polar surface area (TPSA) is 90.1 Å². The lowest BCUT2D eigenvalue weighted by Gasteiger charge is -2.11. The smallest absolute Gasteiger partial charge is 0.273 e. The molecule has 0 bridgehead atoms. The lowest BCUT2D eigenvalue weighted by molar-refractivity contribution is 0.0945. The van der Waals surface area contributed by atoms with Crippen molar-refractivity contribution in [3.63, 3.8) is 0 Å². The fourth-order valence-corrected chi connectivity index (χ4v) is 1.87. The minimum atomic E-state index is -0.341. The van der Waals surface area contributed by atoms with Gasteiger partial charge in [-0.3, -0.25) is 4.79 Å². The normalized spacial score (nSPS) is 10.3. The van der Waals surface area contributed by atoms with E-state index in [1.165, 1.54) is 12.4 Å². The molecule has 21 heavy (non-hydrogen) atoms. The second-order valence-electron chi connectivity index (χ2n) is 4.38. The first kappa shape index (κ1) is 14.9. The molecule has 110 valence electrons. The number of hydrogen-bond acceptors (Lipinski definition) is 5. The van der Waals surface area contributed by atoms with Crippen molar-refractivity contribution in [2.45, 2.75) is 20.1 Å². The number of hydrogen-bond donors (Lipinski definition) is 2. The Balaban J connectivity index is 2.03. The van der Waals surface area contributed by atoms with Gasteiger partial charge in [-0.1, -0.05) is 24.3 Å². The summed E-state index contributed by atoms with van der Waals surface area (Å²) in [5.41, 5.74) is 7.82. The molecule has 1 aromatic carbocycles. The van der Waals surface area contributed by atoms with Gasteiger partial charge >= 0.3 is 0 Å². The van der Waals surface area contributed by atoms with E-state index in [4.69, 9.17) is 10.5 Å². The van der Waals surface area contributed by atoms with E-state index in [0.717, 1.165) is 11.1 Å². The van der Waals surface area contributed by atoms with Crippen LogP contribution >= 0.6 is 0 Å². The third kappa shape index (κ3) is 4.00. The van der Waals surface area contributed by atoms with E-state index in [9.17, 15) is 4.79 Å². The third-order valence-electron chi connectivity index (χ3n) is 2.96. The van der Waals surface area contributed by atoms with Gasteiger partial charge in [-0.25, -0.2) is 9.97 Å². The summed E-state index contributed by atoms with van der Waals surface area (Å²) in [5, 5.41) is 2.80. The Morgan fingerprint density at radius 3 is 2.67 bits per heavy atom. The summed E-state index contributed by atoms with van der Waals surface area (Å²) >= 11 is 0. The lowest BCUT2D eigenvalue weighted by Crippen LogP contribution is -2.25. The number of rotatable bonds is 6. The minimum absolute atomic E-state index is 0.123.